The molecule has 2 rings (SSSR count). The number of ether oxygens (including phenoxy) is 1. The predicted molar refractivity (Wildman–Crippen MR) is 103 cm³/mol. The molecule has 1 heterocycles. The van der Waals surface area contributed by atoms with E-state index in [-0.39, 0.29) is 11.4 Å². The lowest BCUT2D eigenvalue weighted by atomic mass is 9.85. The van der Waals surface area contributed by atoms with Crippen LogP contribution >= 0.6 is 0 Å². The van der Waals surface area contributed by atoms with Crippen LogP contribution in [0.5, 0.6) is 0 Å². The topological polar surface area (TPSA) is 68.2 Å². The fourth-order valence-electron chi connectivity index (χ4n) is 2.91. The van der Waals surface area contributed by atoms with Crippen LogP contribution in [0, 0.1) is 13.8 Å². The highest BCUT2D eigenvalue weighted by atomic mass is 16.5. The number of nitrogens with one attached hydrogen (secondary N) is 2. The Morgan fingerprint density at radius 2 is 1.88 bits per heavy atom. The van der Waals surface area contributed by atoms with Crippen LogP contribution in [-0.2, 0) is 23.2 Å². The summed E-state index contributed by atoms with van der Waals surface area (Å²) >= 11 is 0. The summed E-state index contributed by atoms with van der Waals surface area (Å²) in [5.41, 5.74) is 4.12. The summed E-state index contributed by atoms with van der Waals surface area (Å²) in [6.45, 7) is 10.6. The molecule has 0 unspecified atom stereocenters. The molecule has 6 heteroatoms. The minimum atomic E-state index is -0.169. The third-order valence-electron chi connectivity index (χ3n) is 4.71. The zero-order valence-corrected chi connectivity index (χ0v) is 16.4. The number of carbonyl (C=O) groups is 1. The van der Waals surface area contributed by atoms with Crippen molar-refractivity contribution < 1.29 is 9.53 Å². The summed E-state index contributed by atoms with van der Waals surface area (Å²) in [5, 5.41) is 10.4. The molecule has 0 saturated heterocycles. The van der Waals surface area contributed by atoms with Crippen molar-refractivity contribution in [3.63, 3.8) is 0 Å². The minimum absolute atomic E-state index is 0.129. The van der Waals surface area contributed by atoms with Crippen molar-refractivity contribution >= 4 is 6.03 Å². The van der Waals surface area contributed by atoms with Crippen molar-refractivity contribution in [3.05, 3.63) is 52.8 Å². The second-order valence-electron chi connectivity index (χ2n) is 7.15. The first kappa shape index (κ1) is 20.0. The van der Waals surface area contributed by atoms with Gasteiger partial charge in [0.2, 0.25) is 0 Å². The molecule has 1 aromatic heterocycles. The van der Waals surface area contributed by atoms with Crippen LogP contribution in [0.3, 0.4) is 0 Å². The lowest BCUT2D eigenvalue weighted by Crippen LogP contribution is -2.42. The summed E-state index contributed by atoms with van der Waals surface area (Å²) < 4.78 is 7.03. The summed E-state index contributed by atoms with van der Waals surface area (Å²) in [6.07, 6.45) is 0. The number of hydrogen-bond donors (Lipinski definition) is 2. The Labute approximate surface area is 155 Å². The third-order valence-corrected chi connectivity index (χ3v) is 4.71. The van der Waals surface area contributed by atoms with Gasteiger partial charge in [-0.3, -0.25) is 4.68 Å². The lowest BCUT2D eigenvalue weighted by molar-refractivity contribution is 0.182. The summed E-state index contributed by atoms with van der Waals surface area (Å²) in [7, 11) is 1.68. The second kappa shape index (κ2) is 8.85. The molecule has 2 aromatic rings. The summed E-state index contributed by atoms with van der Waals surface area (Å²) in [6, 6.07) is 10.0. The van der Waals surface area contributed by atoms with Crippen LogP contribution in [-0.4, -0.2) is 36.1 Å². The quantitative estimate of drug-likeness (QED) is 0.762. The van der Waals surface area contributed by atoms with E-state index in [9.17, 15) is 4.79 Å². The number of carbonyl (C=O) groups excluding carboxylic acids is 1. The zero-order chi connectivity index (χ0) is 19.2. The highest BCUT2D eigenvalue weighted by molar-refractivity contribution is 5.74. The molecule has 0 aliphatic heterocycles. The average molecular weight is 358 g/mol. The van der Waals surface area contributed by atoms with Crippen molar-refractivity contribution in [3.8, 4) is 0 Å². The number of methoxy groups -OCH3 is 1. The molecule has 0 atom stereocenters. The van der Waals surface area contributed by atoms with Crippen LogP contribution in [0.15, 0.2) is 30.3 Å². The first-order valence-electron chi connectivity index (χ1n) is 8.94. The predicted octanol–water partition coefficient (Wildman–Crippen LogP) is 2.92. The molecule has 1 aromatic carbocycles. The number of aromatic nitrogens is 2. The zero-order valence-electron chi connectivity index (χ0n) is 16.4. The smallest absolute Gasteiger partial charge is 0.315 e. The molecule has 2 N–H and O–H groups in total. The van der Waals surface area contributed by atoms with Crippen LogP contribution in [0.4, 0.5) is 4.79 Å². The van der Waals surface area contributed by atoms with Gasteiger partial charge in [0.15, 0.2) is 0 Å². The normalized spacial score (nSPS) is 11.4. The van der Waals surface area contributed by atoms with Gasteiger partial charge in [-0.05, 0) is 19.4 Å². The standard InChI is InChI=1S/C20H30N4O2/c1-15-18(16(2)24(23-15)11-12-26-5)13-21-19(25)22-14-20(3,4)17-9-7-6-8-10-17/h6-10H,11-14H2,1-5H3,(H2,21,22,25). The number of nitrogens with zero attached hydrogens (tertiary/aromatic N) is 2. The van der Waals surface area contributed by atoms with Crippen molar-refractivity contribution in [1.29, 1.82) is 0 Å². The highest BCUT2D eigenvalue weighted by Crippen LogP contribution is 2.21. The molecule has 0 saturated carbocycles. The average Bonchev–Trinajstić information content (AvgIpc) is 2.90. The van der Waals surface area contributed by atoms with Crippen molar-refractivity contribution in [1.82, 2.24) is 20.4 Å². The monoisotopic (exact) mass is 358 g/mol. The molecule has 26 heavy (non-hydrogen) atoms. The molecule has 0 fully saturated rings. The van der Waals surface area contributed by atoms with E-state index in [0.717, 1.165) is 17.0 Å². The van der Waals surface area contributed by atoms with Gasteiger partial charge in [0.1, 0.15) is 0 Å². The molecule has 0 aliphatic rings. The van der Waals surface area contributed by atoms with E-state index < -0.39 is 0 Å². The van der Waals surface area contributed by atoms with Gasteiger partial charge in [0, 0.05) is 36.9 Å². The SMILES string of the molecule is COCCn1nc(C)c(CNC(=O)NCC(C)(C)c2ccccc2)c1C. The van der Waals surface area contributed by atoms with Gasteiger partial charge >= 0.3 is 6.03 Å². The Morgan fingerprint density at radius 1 is 1.19 bits per heavy atom. The van der Waals surface area contributed by atoms with Gasteiger partial charge in [-0.2, -0.15) is 5.10 Å². The van der Waals surface area contributed by atoms with Crippen molar-refractivity contribution in [2.75, 3.05) is 20.3 Å². The Bertz CT molecular complexity index is 723. The molecule has 0 bridgehead atoms. The number of amides is 2. The van der Waals surface area contributed by atoms with E-state index in [1.165, 1.54) is 5.56 Å². The number of rotatable bonds is 8. The Kier molecular flexibility index (Phi) is 6.80. The lowest BCUT2D eigenvalue weighted by Gasteiger charge is -2.25. The first-order valence-corrected chi connectivity index (χ1v) is 8.94. The van der Waals surface area contributed by atoms with Crippen LogP contribution in [0.25, 0.3) is 0 Å². The van der Waals surface area contributed by atoms with E-state index >= 15 is 0 Å². The van der Waals surface area contributed by atoms with Gasteiger partial charge in [-0.15, -0.1) is 0 Å². The van der Waals surface area contributed by atoms with Gasteiger partial charge < -0.3 is 15.4 Å². The number of aryl methyl sites for hydroxylation is 1. The fraction of sp³-hybridized carbons (Fsp3) is 0.500. The van der Waals surface area contributed by atoms with E-state index in [2.05, 4.69) is 41.7 Å². The van der Waals surface area contributed by atoms with Crippen LogP contribution in [0.1, 0.15) is 36.4 Å². The third kappa shape index (κ3) is 5.08. The molecular weight excluding hydrogens is 328 g/mol. The first-order chi connectivity index (χ1) is 12.3. The maximum atomic E-state index is 12.2. The summed E-state index contributed by atoms with van der Waals surface area (Å²) in [4.78, 5) is 12.2. The fourth-order valence-corrected chi connectivity index (χ4v) is 2.91. The van der Waals surface area contributed by atoms with E-state index in [1.54, 1.807) is 7.11 Å². The molecule has 2 amide bonds. The maximum absolute atomic E-state index is 12.2. The molecule has 0 spiro atoms. The van der Waals surface area contributed by atoms with Crippen molar-refractivity contribution in [2.24, 2.45) is 0 Å². The maximum Gasteiger partial charge on any atom is 0.315 e. The van der Waals surface area contributed by atoms with Gasteiger partial charge in [0.25, 0.3) is 0 Å². The Hall–Kier alpha value is -2.34. The summed E-state index contributed by atoms with van der Waals surface area (Å²) in [5.74, 6) is 0. The highest BCUT2D eigenvalue weighted by Gasteiger charge is 2.21. The van der Waals surface area contributed by atoms with Crippen LogP contribution in [0.2, 0.25) is 0 Å². The van der Waals surface area contributed by atoms with E-state index in [0.29, 0.717) is 26.2 Å². The Balaban J connectivity index is 1.88. The van der Waals surface area contributed by atoms with E-state index in [4.69, 9.17) is 4.74 Å². The Morgan fingerprint density at radius 3 is 2.54 bits per heavy atom. The van der Waals surface area contributed by atoms with Gasteiger partial charge in [-0.1, -0.05) is 44.2 Å². The number of hydrogen-bond acceptors (Lipinski definition) is 3. The molecule has 0 aliphatic carbocycles. The molecular formula is C20H30N4O2. The second-order valence-corrected chi connectivity index (χ2v) is 7.15. The van der Waals surface area contributed by atoms with Gasteiger partial charge in [0.05, 0.1) is 18.8 Å². The van der Waals surface area contributed by atoms with Crippen LogP contribution < -0.4 is 10.6 Å². The molecule has 6 nitrogen and oxygen atoms in total. The largest absolute Gasteiger partial charge is 0.383 e. The van der Waals surface area contributed by atoms with Crippen molar-refractivity contribution in [2.45, 2.75) is 46.2 Å². The number of benzene rings is 1. The van der Waals surface area contributed by atoms with E-state index in [1.807, 2.05) is 36.7 Å². The number of urea groups is 1. The van der Waals surface area contributed by atoms with Gasteiger partial charge in [-0.25, -0.2) is 4.79 Å². The molecule has 142 valence electrons. The molecule has 0 radical (unpaired) electrons. The minimum Gasteiger partial charge on any atom is -0.383 e.